The van der Waals surface area contributed by atoms with Gasteiger partial charge in [0.15, 0.2) is 0 Å². The molecule has 4 saturated heterocycles. The van der Waals surface area contributed by atoms with Crippen molar-refractivity contribution in [2.45, 2.75) is 128 Å². The van der Waals surface area contributed by atoms with Crippen LogP contribution in [-0.4, -0.2) is 107 Å². The van der Waals surface area contributed by atoms with Crippen molar-refractivity contribution in [3.63, 3.8) is 0 Å². The standard InChI is InChI=1S/C33H50N2O9/c1-20(6-9-28-21(2)16-27(23(4)43-28)34-30(38)11-8-22(3)42-24(5)36)7-10-29-32(40)33(19-41-33)18-26(44-29)17-31(39)35-14-12-25(37)13-15-35/h6-8,10-11,21-23,25-29,32,37,40H,9,12-19H2,1-5H3,(H,34,38)/b10-7+,11-8-,20-6+/t21-,22-,23+,26+,27+,28-,29+,32+,33?/m0/s1. The molecule has 0 bridgehead atoms. The van der Waals surface area contributed by atoms with E-state index in [1.807, 2.05) is 26.0 Å². The highest BCUT2D eigenvalue weighted by Crippen LogP contribution is 2.43. The molecule has 4 rings (SSSR count). The number of allylic oxidation sites excluding steroid dienone is 2. The number of amides is 2. The van der Waals surface area contributed by atoms with E-state index in [0.717, 1.165) is 12.0 Å². The molecule has 0 aromatic heterocycles. The van der Waals surface area contributed by atoms with Crippen LogP contribution in [0, 0.1) is 5.92 Å². The lowest BCUT2D eigenvalue weighted by Crippen LogP contribution is -2.51. The van der Waals surface area contributed by atoms with Gasteiger partial charge in [0.05, 0.1) is 43.5 Å². The molecule has 0 radical (unpaired) electrons. The smallest absolute Gasteiger partial charge is 0.303 e. The Morgan fingerprint density at radius 3 is 2.48 bits per heavy atom. The molecule has 4 aliphatic rings. The zero-order valence-corrected chi connectivity index (χ0v) is 26.6. The van der Waals surface area contributed by atoms with Gasteiger partial charge in [-0.25, -0.2) is 0 Å². The van der Waals surface area contributed by atoms with Crippen molar-refractivity contribution in [3.05, 3.63) is 36.0 Å². The van der Waals surface area contributed by atoms with Crippen LogP contribution < -0.4 is 5.32 Å². The zero-order chi connectivity index (χ0) is 32.0. The first-order valence-corrected chi connectivity index (χ1v) is 15.9. The summed E-state index contributed by atoms with van der Waals surface area (Å²) in [5.41, 5.74) is 0.347. The number of epoxide rings is 1. The van der Waals surface area contributed by atoms with Crippen molar-refractivity contribution in [3.8, 4) is 0 Å². The zero-order valence-electron chi connectivity index (χ0n) is 26.6. The Balaban J connectivity index is 1.26. The summed E-state index contributed by atoms with van der Waals surface area (Å²) in [5, 5.41) is 23.7. The maximum absolute atomic E-state index is 12.9. The van der Waals surface area contributed by atoms with Gasteiger partial charge in [-0.2, -0.15) is 0 Å². The lowest BCUT2D eigenvalue weighted by Gasteiger charge is -2.39. The SMILES string of the molecule is CC(=O)O[C@@H](C)/C=C\C(=O)N[C@@H]1C[C@H](C)[C@H](C/C=C(C)/C=C/[C@H]2O[C@H](CC(=O)N3CCC(O)CC3)CC3(CO3)[C@@H]2O)O[C@@H]1C. The van der Waals surface area contributed by atoms with Gasteiger partial charge in [-0.15, -0.1) is 0 Å². The first-order valence-electron chi connectivity index (χ1n) is 15.9. The van der Waals surface area contributed by atoms with Crippen molar-refractivity contribution in [1.29, 1.82) is 0 Å². The lowest BCUT2D eigenvalue weighted by atomic mass is 9.87. The summed E-state index contributed by atoms with van der Waals surface area (Å²) in [5.74, 6) is -0.425. The summed E-state index contributed by atoms with van der Waals surface area (Å²) in [6, 6.07) is -0.129. The number of ether oxygens (including phenoxy) is 4. The van der Waals surface area contributed by atoms with Gasteiger partial charge in [0.25, 0.3) is 0 Å². The Labute approximate surface area is 260 Å². The van der Waals surface area contributed by atoms with E-state index in [4.69, 9.17) is 18.9 Å². The fourth-order valence-corrected chi connectivity index (χ4v) is 6.33. The molecular formula is C33H50N2O9. The molecule has 1 unspecified atom stereocenters. The van der Waals surface area contributed by atoms with E-state index in [0.29, 0.717) is 45.4 Å². The van der Waals surface area contributed by atoms with Gasteiger partial charge in [0, 0.05) is 32.5 Å². The molecule has 4 heterocycles. The van der Waals surface area contributed by atoms with Crippen LogP contribution in [-0.2, 0) is 33.3 Å². The quantitative estimate of drug-likeness (QED) is 0.145. The first kappa shape index (κ1) is 34.3. The van der Waals surface area contributed by atoms with Gasteiger partial charge >= 0.3 is 5.97 Å². The number of carbonyl (C=O) groups is 3. The normalized spacial score (nSPS) is 35.7. The molecule has 11 nitrogen and oxygen atoms in total. The molecule has 2 amide bonds. The monoisotopic (exact) mass is 618 g/mol. The predicted octanol–water partition coefficient (Wildman–Crippen LogP) is 2.35. The highest BCUT2D eigenvalue weighted by molar-refractivity contribution is 5.87. The van der Waals surface area contributed by atoms with Crippen molar-refractivity contribution in [2.24, 2.45) is 5.92 Å². The van der Waals surface area contributed by atoms with E-state index in [1.165, 1.54) is 13.0 Å². The first-order chi connectivity index (χ1) is 20.8. The molecule has 11 heteroatoms. The third-order valence-corrected chi connectivity index (χ3v) is 9.14. The molecule has 9 atom stereocenters. The van der Waals surface area contributed by atoms with Gasteiger partial charge in [0.2, 0.25) is 11.8 Å². The van der Waals surface area contributed by atoms with Crippen LogP contribution in [0.15, 0.2) is 36.0 Å². The van der Waals surface area contributed by atoms with Crippen molar-refractivity contribution >= 4 is 17.8 Å². The van der Waals surface area contributed by atoms with E-state index in [-0.39, 0.29) is 54.6 Å². The number of rotatable bonds is 10. The number of likely N-dealkylation sites (tertiary alicyclic amines) is 1. The van der Waals surface area contributed by atoms with E-state index in [2.05, 4.69) is 18.3 Å². The minimum Gasteiger partial charge on any atom is -0.459 e. The Kier molecular flexibility index (Phi) is 11.8. The highest BCUT2D eigenvalue weighted by Gasteiger charge is 2.58. The number of esters is 1. The number of aliphatic hydroxyl groups excluding tert-OH is 2. The van der Waals surface area contributed by atoms with Crippen molar-refractivity contribution < 1.29 is 43.5 Å². The number of piperidine rings is 1. The third-order valence-electron chi connectivity index (χ3n) is 9.14. The van der Waals surface area contributed by atoms with E-state index in [1.54, 1.807) is 17.9 Å². The Bertz CT molecular complexity index is 1110. The molecule has 3 N–H and O–H groups in total. The molecule has 4 fully saturated rings. The van der Waals surface area contributed by atoms with Crippen LogP contribution in [0.1, 0.15) is 73.1 Å². The molecule has 0 aromatic carbocycles. The van der Waals surface area contributed by atoms with Gasteiger partial charge < -0.3 is 39.4 Å². The second-order valence-corrected chi connectivity index (χ2v) is 13.0. The fourth-order valence-electron chi connectivity index (χ4n) is 6.33. The fraction of sp³-hybridized carbons (Fsp3) is 0.727. The third kappa shape index (κ3) is 9.47. The molecule has 1 spiro atoms. The lowest BCUT2D eigenvalue weighted by molar-refractivity contribution is -0.152. The largest absolute Gasteiger partial charge is 0.459 e. The molecule has 4 aliphatic heterocycles. The molecule has 0 saturated carbocycles. The number of carbonyl (C=O) groups excluding carboxylic acids is 3. The minimum atomic E-state index is -0.808. The van der Waals surface area contributed by atoms with Crippen LogP contribution in [0.5, 0.6) is 0 Å². The van der Waals surface area contributed by atoms with E-state index in [9.17, 15) is 24.6 Å². The van der Waals surface area contributed by atoms with Gasteiger partial charge in [-0.1, -0.05) is 30.7 Å². The molecule has 44 heavy (non-hydrogen) atoms. The minimum absolute atomic E-state index is 0.00743. The maximum Gasteiger partial charge on any atom is 0.303 e. The van der Waals surface area contributed by atoms with Gasteiger partial charge in [0.1, 0.15) is 23.9 Å². The number of aliphatic hydroxyl groups is 2. The van der Waals surface area contributed by atoms with Crippen LogP contribution in [0.2, 0.25) is 0 Å². The summed E-state index contributed by atoms with van der Waals surface area (Å²) in [6.07, 6.45) is 9.47. The van der Waals surface area contributed by atoms with Crippen molar-refractivity contribution in [2.75, 3.05) is 19.7 Å². The van der Waals surface area contributed by atoms with Crippen LogP contribution in [0.4, 0.5) is 0 Å². The van der Waals surface area contributed by atoms with Crippen LogP contribution >= 0.6 is 0 Å². The predicted molar refractivity (Wildman–Crippen MR) is 162 cm³/mol. The summed E-state index contributed by atoms with van der Waals surface area (Å²) < 4.78 is 23.2. The maximum atomic E-state index is 12.9. The average Bonchev–Trinajstić information content (AvgIpc) is 3.74. The summed E-state index contributed by atoms with van der Waals surface area (Å²) in [4.78, 5) is 38.1. The van der Waals surface area contributed by atoms with Gasteiger partial charge in [-0.05, 0) is 58.4 Å². The highest BCUT2D eigenvalue weighted by atomic mass is 16.6. The molecule has 246 valence electrons. The second kappa shape index (κ2) is 15.1. The Morgan fingerprint density at radius 1 is 1.11 bits per heavy atom. The number of nitrogens with zero attached hydrogens (tertiary/aromatic N) is 1. The summed E-state index contributed by atoms with van der Waals surface area (Å²) in [7, 11) is 0. The van der Waals surface area contributed by atoms with Gasteiger partial charge in [-0.3, -0.25) is 14.4 Å². The topological polar surface area (TPSA) is 147 Å². The Morgan fingerprint density at radius 2 is 1.82 bits per heavy atom. The number of hydrogen-bond acceptors (Lipinski definition) is 9. The Hall–Kier alpha value is -2.57. The second-order valence-electron chi connectivity index (χ2n) is 13.0. The molecular weight excluding hydrogens is 568 g/mol. The van der Waals surface area contributed by atoms with E-state index >= 15 is 0 Å². The average molecular weight is 619 g/mol. The number of nitrogens with one attached hydrogen (secondary N) is 1. The van der Waals surface area contributed by atoms with Crippen LogP contribution in [0.25, 0.3) is 0 Å². The molecule has 0 aliphatic carbocycles. The van der Waals surface area contributed by atoms with E-state index < -0.39 is 29.9 Å². The van der Waals surface area contributed by atoms with Crippen molar-refractivity contribution in [1.82, 2.24) is 10.2 Å². The van der Waals surface area contributed by atoms with Crippen LogP contribution in [0.3, 0.4) is 0 Å². The number of hydrogen-bond donors (Lipinski definition) is 3. The molecule has 0 aromatic rings. The summed E-state index contributed by atoms with van der Waals surface area (Å²) >= 11 is 0. The summed E-state index contributed by atoms with van der Waals surface area (Å²) in [6.45, 7) is 10.6.